The molecule has 0 radical (unpaired) electrons. The van der Waals surface area contributed by atoms with Crippen LogP contribution in [0.3, 0.4) is 0 Å². The Balaban J connectivity index is 1.55. The molecule has 0 unspecified atom stereocenters. The molecule has 3 heteroatoms. The highest BCUT2D eigenvalue weighted by molar-refractivity contribution is 6.08. The fourth-order valence-electron chi connectivity index (χ4n) is 6.13. The second-order valence-electron chi connectivity index (χ2n) is 8.61. The zero-order chi connectivity index (χ0) is 19.8. The summed E-state index contributed by atoms with van der Waals surface area (Å²) in [6.07, 6.45) is 0. The van der Waals surface area contributed by atoms with Crippen molar-refractivity contribution in [3.63, 3.8) is 0 Å². The lowest BCUT2D eigenvalue weighted by Crippen LogP contribution is -2.51. The second kappa shape index (κ2) is 5.66. The van der Waals surface area contributed by atoms with Gasteiger partial charge in [0.2, 0.25) is 11.8 Å². The van der Waals surface area contributed by atoms with Gasteiger partial charge in [-0.1, -0.05) is 85.8 Å². The van der Waals surface area contributed by atoms with E-state index in [1.54, 1.807) is 0 Å². The van der Waals surface area contributed by atoms with E-state index in [2.05, 4.69) is 31.2 Å². The van der Waals surface area contributed by atoms with E-state index < -0.39 is 5.41 Å². The molecule has 3 aromatic carbocycles. The summed E-state index contributed by atoms with van der Waals surface area (Å²) >= 11 is 0. The Hall–Kier alpha value is -3.20. The molecule has 0 saturated carbocycles. The molecule has 0 aromatic heterocycles. The highest BCUT2D eigenvalue weighted by Crippen LogP contribution is 2.63. The molecule has 2 atom stereocenters. The monoisotopic (exact) mass is 379 g/mol. The Morgan fingerprint density at radius 1 is 0.759 bits per heavy atom. The SMILES string of the molecule is CC12c3ccccc3C(c3ccccc31)[C@@H]1C(=O)N(Cc3ccccc3)C(=O)[C@H]12. The number of carbonyl (C=O) groups excluding carboxylic acids is 2. The molecular weight excluding hydrogens is 358 g/mol. The predicted molar refractivity (Wildman–Crippen MR) is 110 cm³/mol. The molecular formula is C26H21NO2. The van der Waals surface area contributed by atoms with Gasteiger partial charge in [-0.25, -0.2) is 0 Å². The van der Waals surface area contributed by atoms with Gasteiger partial charge in [-0.15, -0.1) is 0 Å². The number of carbonyl (C=O) groups is 2. The number of rotatable bonds is 2. The van der Waals surface area contributed by atoms with Crippen LogP contribution in [0, 0.1) is 11.8 Å². The van der Waals surface area contributed by atoms with E-state index in [0.29, 0.717) is 6.54 Å². The quantitative estimate of drug-likeness (QED) is 0.624. The van der Waals surface area contributed by atoms with Gasteiger partial charge < -0.3 is 0 Å². The van der Waals surface area contributed by atoms with Gasteiger partial charge in [-0.3, -0.25) is 14.5 Å². The summed E-state index contributed by atoms with van der Waals surface area (Å²) in [7, 11) is 0. The Labute approximate surface area is 170 Å². The highest BCUT2D eigenvalue weighted by atomic mass is 16.2. The van der Waals surface area contributed by atoms with Gasteiger partial charge in [-0.2, -0.15) is 0 Å². The lowest BCUT2D eigenvalue weighted by Gasteiger charge is -2.52. The standard InChI is InChI=1S/C26H21NO2/c1-26-19-13-7-5-11-17(19)21(18-12-6-8-14-20(18)26)22-23(26)25(29)27(24(22)28)15-16-9-3-2-4-10-16/h2-14,21-23H,15H2,1H3/t21?,22-,23-,26?/m0/s1. The van der Waals surface area contributed by atoms with Gasteiger partial charge in [0.25, 0.3) is 0 Å². The summed E-state index contributed by atoms with van der Waals surface area (Å²) in [4.78, 5) is 28.8. The Morgan fingerprint density at radius 3 is 1.93 bits per heavy atom. The fraction of sp³-hybridized carbons (Fsp3) is 0.231. The average molecular weight is 379 g/mol. The molecule has 4 aliphatic rings. The Bertz CT molecular complexity index is 1120. The minimum Gasteiger partial charge on any atom is -0.278 e. The third-order valence-electron chi connectivity index (χ3n) is 7.32. The first-order valence-corrected chi connectivity index (χ1v) is 10.2. The van der Waals surface area contributed by atoms with Crippen molar-refractivity contribution in [1.29, 1.82) is 0 Å². The van der Waals surface area contributed by atoms with E-state index in [4.69, 9.17) is 0 Å². The van der Waals surface area contributed by atoms with Gasteiger partial charge in [0.1, 0.15) is 0 Å². The van der Waals surface area contributed by atoms with Crippen LogP contribution in [-0.4, -0.2) is 16.7 Å². The van der Waals surface area contributed by atoms with Gasteiger partial charge in [0.05, 0.1) is 18.4 Å². The lowest BCUT2D eigenvalue weighted by atomic mass is 9.48. The number of amides is 2. The van der Waals surface area contributed by atoms with E-state index >= 15 is 0 Å². The van der Waals surface area contributed by atoms with Crippen molar-refractivity contribution >= 4 is 11.8 Å². The lowest BCUT2D eigenvalue weighted by molar-refractivity contribution is -0.140. The molecule has 7 rings (SSSR count). The summed E-state index contributed by atoms with van der Waals surface area (Å²) < 4.78 is 0. The number of benzene rings is 3. The fourth-order valence-corrected chi connectivity index (χ4v) is 6.13. The molecule has 0 N–H and O–H groups in total. The van der Waals surface area contributed by atoms with Crippen LogP contribution in [0.15, 0.2) is 78.9 Å². The topological polar surface area (TPSA) is 37.4 Å². The second-order valence-corrected chi connectivity index (χ2v) is 8.61. The van der Waals surface area contributed by atoms with Gasteiger partial charge in [-0.05, 0) is 27.8 Å². The Kier molecular flexibility index (Phi) is 3.27. The van der Waals surface area contributed by atoms with Crippen LogP contribution >= 0.6 is 0 Å². The summed E-state index contributed by atoms with van der Waals surface area (Å²) in [5.74, 6) is -0.759. The molecule has 3 aromatic rings. The normalized spacial score (nSPS) is 28.9. The maximum Gasteiger partial charge on any atom is 0.234 e. The first-order chi connectivity index (χ1) is 14.1. The van der Waals surface area contributed by atoms with Crippen molar-refractivity contribution in [3.05, 3.63) is 107 Å². The molecule has 0 spiro atoms. The summed E-state index contributed by atoms with van der Waals surface area (Å²) in [5.41, 5.74) is 5.32. The van der Waals surface area contributed by atoms with Crippen molar-refractivity contribution in [2.45, 2.75) is 24.8 Å². The largest absolute Gasteiger partial charge is 0.278 e. The average Bonchev–Trinajstić information content (AvgIpc) is 3.01. The third-order valence-corrected chi connectivity index (χ3v) is 7.32. The van der Waals surface area contributed by atoms with Crippen molar-refractivity contribution in [3.8, 4) is 0 Å². The van der Waals surface area contributed by atoms with Gasteiger partial charge in [0, 0.05) is 11.3 Å². The number of imide groups is 1. The van der Waals surface area contributed by atoms with Crippen LogP contribution in [0.1, 0.15) is 40.7 Å². The van der Waals surface area contributed by atoms with Crippen LogP contribution in [0.5, 0.6) is 0 Å². The first kappa shape index (κ1) is 16.7. The van der Waals surface area contributed by atoms with E-state index in [1.807, 2.05) is 54.6 Å². The molecule has 2 amide bonds. The number of hydrogen-bond acceptors (Lipinski definition) is 2. The Morgan fingerprint density at radius 2 is 1.31 bits per heavy atom. The van der Waals surface area contributed by atoms with Gasteiger partial charge in [0.15, 0.2) is 0 Å². The zero-order valence-electron chi connectivity index (χ0n) is 16.2. The van der Waals surface area contributed by atoms with Crippen molar-refractivity contribution in [2.24, 2.45) is 11.8 Å². The predicted octanol–water partition coefficient (Wildman–Crippen LogP) is 4.25. The van der Waals surface area contributed by atoms with Gasteiger partial charge >= 0.3 is 0 Å². The zero-order valence-corrected chi connectivity index (χ0v) is 16.2. The number of likely N-dealkylation sites (tertiary alicyclic amines) is 1. The van der Waals surface area contributed by atoms with Crippen LogP contribution < -0.4 is 0 Å². The molecule has 1 aliphatic heterocycles. The molecule has 1 heterocycles. The highest BCUT2D eigenvalue weighted by Gasteiger charge is 2.66. The van der Waals surface area contributed by atoms with E-state index in [0.717, 1.165) is 5.56 Å². The smallest absolute Gasteiger partial charge is 0.234 e. The molecule has 2 bridgehead atoms. The van der Waals surface area contributed by atoms with Crippen molar-refractivity contribution in [2.75, 3.05) is 0 Å². The van der Waals surface area contributed by atoms with Crippen molar-refractivity contribution < 1.29 is 9.59 Å². The maximum atomic E-state index is 13.7. The molecule has 1 fully saturated rings. The first-order valence-electron chi connectivity index (χ1n) is 10.2. The van der Waals surface area contributed by atoms with Crippen LogP contribution in [0.4, 0.5) is 0 Å². The molecule has 3 nitrogen and oxygen atoms in total. The maximum absolute atomic E-state index is 13.7. The van der Waals surface area contributed by atoms with E-state index in [9.17, 15) is 9.59 Å². The molecule has 29 heavy (non-hydrogen) atoms. The minimum atomic E-state index is -0.481. The minimum absolute atomic E-state index is 0.0240. The molecule has 3 aliphatic carbocycles. The van der Waals surface area contributed by atoms with Crippen molar-refractivity contribution in [1.82, 2.24) is 4.90 Å². The number of hydrogen-bond donors (Lipinski definition) is 0. The molecule has 1 saturated heterocycles. The van der Waals surface area contributed by atoms with E-state index in [1.165, 1.54) is 27.2 Å². The van der Waals surface area contributed by atoms with Crippen LogP contribution in [0.2, 0.25) is 0 Å². The van der Waals surface area contributed by atoms with Crippen LogP contribution in [-0.2, 0) is 21.5 Å². The van der Waals surface area contributed by atoms with Crippen LogP contribution in [0.25, 0.3) is 0 Å². The molecule has 142 valence electrons. The number of nitrogens with zero attached hydrogens (tertiary/aromatic N) is 1. The third kappa shape index (κ3) is 1.97. The van der Waals surface area contributed by atoms with E-state index in [-0.39, 0.29) is 29.6 Å². The summed E-state index contributed by atoms with van der Waals surface area (Å²) in [5, 5.41) is 0. The summed E-state index contributed by atoms with van der Waals surface area (Å²) in [6.45, 7) is 2.51. The summed E-state index contributed by atoms with van der Waals surface area (Å²) in [6, 6.07) is 26.6.